The summed E-state index contributed by atoms with van der Waals surface area (Å²) >= 11 is 1.32. The second kappa shape index (κ2) is 6.72. The molecule has 5 nitrogen and oxygen atoms in total. The number of amides is 2. The molecule has 0 fully saturated rings. The van der Waals surface area contributed by atoms with Gasteiger partial charge in [-0.1, -0.05) is 12.1 Å². The van der Waals surface area contributed by atoms with Crippen LogP contribution in [0, 0.1) is 0 Å². The van der Waals surface area contributed by atoms with E-state index >= 15 is 0 Å². The zero-order chi connectivity index (χ0) is 17.1. The number of hydrogen-bond acceptors (Lipinski definition) is 5. The predicted molar refractivity (Wildman–Crippen MR) is 93.2 cm³/mol. The summed E-state index contributed by atoms with van der Waals surface area (Å²) in [5.74, 6) is 0.208. The molecule has 0 saturated heterocycles. The lowest BCUT2D eigenvalue weighted by atomic mass is 10.2. The van der Waals surface area contributed by atoms with Crippen molar-refractivity contribution in [2.45, 2.75) is 0 Å². The fourth-order valence-electron chi connectivity index (χ4n) is 2.32. The van der Waals surface area contributed by atoms with Gasteiger partial charge in [-0.15, -0.1) is 11.3 Å². The van der Waals surface area contributed by atoms with E-state index in [1.54, 1.807) is 37.4 Å². The smallest absolute Gasteiger partial charge is 0.268 e. The summed E-state index contributed by atoms with van der Waals surface area (Å²) in [5, 5.41) is 3.30. The quantitative estimate of drug-likeness (QED) is 0.738. The first kappa shape index (κ1) is 16.0. The number of ether oxygens (including phenoxy) is 2. The Morgan fingerprint density at radius 2 is 1.75 bits per heavy atom. The number of carbonyl (C=O) groups is 2. The third kappa shape index (κ3) is 3.09. The van der Waals surface area contributed by atoms with Crippen LogP contribution in [-0.2, 0) is 0 Å². The number of fused-ring (bicyclic) bond motifs is 1. The number of methoxy groups -OCH3 is 2. The number of benzene rings is 2. The van der Waals surface area contributed by atoms with E-state index in [9.17, 15) is 9.59 Å². The van der Waals surface area contributed by atoms with E-state index in [1.807, 2.05) is 18.2 Å². The maximum atomic E-state index is 12.4. The summed E-state index contributed by atoms with van der Waals surface area (Å²) < 4.78 is 11.3. The normalized spacial score (nSPS) is 10.4. The Labute approximate surface area is 142 Å². The lowest BCUT2D eigenvalue weighted by Crippen LogP contribution is -2.30. The minimum absolute atomic E-state index is 0.316. The molecule has 6 heteroatoms. The summed E-state index contributed by atoms with van der Waals surface area (Å²) in [6.45, 7) is 0. The molecule has 1 heterocycles. The summed E-state index contributed by atoms with van der Waals surface area (Å²) in [4.78, 5) is 25.1. The fourth-order valence-corrected chi connectivity index (χ4v) is 3.26. The van der Waals surface area contributed by atoms with Crippen molar-refractivity contribution in [3.05, 3.63) is 59.0 Å². The molecular weight excluding hydrogens is 326 g/mol. The van der Waals surface area contributed by atoms with Crippen LogP contribution in [0.2, 0.25) is 0 Å². The maximum Gasteiger partial charge on any atom is 0.268 e. The molecule has 0 aliphatic rings. The highest BCUT2D eigenvalue weighted by molar-refractivity contribution is 7.20. The largest absolute Gasteiger partial charge is 0.497 e. The van der Waals surface area contributed by atoms with Crippen molar-refractivity contribution < 1.29 is 19.1 Å². The van der Waals surface area contributed by atoms with E-state index < -0.39 is 11.8 Å². The standard InChI is InChI=1S/C18H15NO4S/c1-22-12-7-8-15-11(9-12)10-16(24-15)18(21)19-17(20)13-5-3-4-6-14(13)23-2/h3-10H,1-2H3,(H,19,20,21). The third-order valence-corrected chi connectivity index (χ3v) is 4.64. The Balaban J connectivity index is 1.83. The van der Waals surface area contributed by atoms with Gasteiger partial charge in [-0.25, -0.2) is 0 Å². The van der Waals surface area contributed by atoms with Crippen LogP contribution in [0.1, 0.15) is 20.0 Å². The van der Waals surface area contributed by atoms with E-state index in [4.69, 9.17) is 9.47 Å². The van der Waals surface area contributed by atoms with Crippen LogP contribution in [0.3, 0.4) is 0 Å². The SMILES string of the molecule is COc1ccc2sc(C(=O)NC(=O)c3ccccc3OC)cc2c1. The molecule has 0 aliphatic heterocycles. The van der Waals surface area contributed by atoms with Crippen molar-refractivity contribution >= 4 is 33.2 Å². The summed E-state index contributed by atoms with van der Waals surface area (Å²) in [7, 11) is 3.07. The molecule has 0 radical (unpaired) electrons. The van der Waals surface area contributed by atoms with E-state index in [0.29, 0.717) is 16.2 Å². The van der Waals surface area contributed by atoms with Gasteiger partial charge in [0, 0.05) is 4.70 Å². The predicted octanol–water partition coefficient (Wildman–Crippen LogP) is 3.49. The first-order chi connectivity index (χ1) is 11.6. The van der Waals surface area contributed by atoms with Gasteiger partial charge in [-0.05, 0) is 41.8 Å². The topological polar surface area (TPSA) is 64.6 Å². The van der Waals surface area contributed by atoms with Gasteiger partial charge in [0.05, 0.1) is 24.7 Å². The van der Waals surface area contributed by atoms with Crippen molar-refractivity contribution in [2.75, 3.05) is 14.2 Å². The average molecular weight is 341 g/mol. The van der Waals surface area contributed by atoms with Crippen LogP contribution in [0.25, 0.3) is 10.1 Å². The molecule has 0 unspecified atom stereocenters. The second-order valence-electron chi connectivity index (χ2n) is 5.00. The van der Waals surface area contributed by atoms with Crippen molar-refractivity contribution in [2.24, 2.45) is 0 Å². The third-order valence-electron chi connectivity index (χ3n) is 3.53. The van der Waals surface area contributed by atoms with Gasteiger partial charge in [0.1, 0.15) is 11.5 Å². The molecule has 0 aliphatic carbocycles. The highest BCUT2D eigenvalue weighted by atomic mass is 32.1. The number of imide groups is 1. The molecule has 1 aromatic heterocycles. The molecule has 2 aromatic carbocycles. The number of nitrogens with one attached hydrogen (secondary N) is 1. The molecule has 2 amide bonds. The van der Waals surface area contributed by atoms with Crippen molar-refractivity contribution in [3.63, 3.8) is 0 Å². The van der Waals surface area contributed by atoms with Crippen LogP contribution in [0.4, 0.5) is 0 Å². The van der Waals surface area contributed by atoms with Crippen molar-refractivity contribution in [3.8, 4) is 11.5 Å². The van der Waals surface area contributed by atoms with Gasteiger partial charge in [0.15, 0.2) is 0 Å². The van der Waals surface area contributed by atoms with Gasteiger partial charge in [-0.3, -0.25) is 14.9 Å². The van der Waals surface area contributed by atoms with Crippen LogP contribution >= 0.6 is 11.3 Å². The van der Waals surface area contributed by atoms with Crippen molar-refractivity contribution in [1.29, 1.82) is 0 Å². The molecule has 0 saturated carbocycles. The number of para-hydroxylation sites is 1. The summed E-state index contributed by atoms with van der Waals surface area (Å²) in [6, 6.07) is 14.1. The Bertz CT molecular complexity index is 916. The minimum atomic E-state index is -0.493. The monoisotopic (exact) mass is 341 g/mol. The zero-order valence-electron chi connectivity index (χ0n) is 13.2. The Hall–Kier alpha value is -2.86. The molecule has 0 atom stereocenters. The Morgan fingerprint density at radius 1 is 0.958 bits per heavy atom. The van der Waals surface area contributed by atoms with Gasteiger partial charge in [0.25, 0.3) is 11.8 Å². The van der Waals surface area contributed by atoms with Crippen molar-refractivity contribution in [1.82, 2.24) is 5.32 Å². The van der Waals surface area contributed by atoms with Crippen LogP contribution < -0.4 is 14.8 Å². The van der Waals surface area contributed by atoms with Crippen LogP contribution in [-0.4, -0.2) is 26.0 Å². The molecule has 122 valence electrons. The number of carbonyl (C=O) groups excluding carboxylic acids is 2. The molecule has 3 aromatic rings. The van der Waals surface area contributed by atoms with Crippen LogP contribution in [0.5, 0.6) is 11.5 Å². The second-order valence-corrected chi connectivity index (χ2v) is 6.08. The van der Waals surface area contributed by atoms with E-state index in [1.165, 1.54) is 18.4 Å². The molecule has 24 heavy (non-hydrogen) atoms. The van der Waals surface area contributed by atoms with Gasteiger partial charge >= 0.3 is 0 Å². The fraction of sp³-hybridized carbons (Fsp3) is 0.111. The Morgan fingerprint density at radius 3 is 2.50 bits per heavy atom. The average Bonchev–Trinajstić information content (AvgIpc) is 3.04. The molecule has 1 N–H and O–H groups in total. The number of hydrogen-bond donors (Lipinski definition) is 1. The lowest BCUT2D eigenvalue weighted by molar-refractivity contribution is 0.0850. The first-order valence-corrected chi connectivity index (χ1v) is 8.00. The van der Waals surface area contributed by atoms with Gasteiger partial charge < -0.3 is 9.47 Å². The zero-order valence-corrected chi connectivity index (χ0v) is 14.0. The Kier molecular flexibility index (Phi) is 4.48. The van der Waals surface area contributed by atoms with Gasteiger partial charge in [0.2, 0.25) is 0 Å². The number of thiophene rings is 1. The molecule has 3 rings (SSSR count). The highest BCUT2D eigenvalue weighted by Gasteiger charge is 2.17. The summed E-state index contributed by atoms with van der Waals surface area (Å²) in [6.07, 6.45) is 0. The van der Waals surface area contributed by atoms with Gasteiger partial charge in [-0.2, -0.15) is 0 Å². The highest BCUT2D eigenvalue weighted by Crippen LogP contribution is 2.29. The van der Waals surface area contributed by atoms with E-state index in [2.05, 4.69) is 5.32 Å². The first-order valence-electron chi connectivity index (χ1n) is 7.18. The number of rotatable bonds is 4. The lowest BCUT2D eigenvalue weighted by Gasteiger charge is -2.07. The van der Waals surface area contributed by atoms with E-state index in [0.717, 1.165) is 15.8 Å². The minimum Gasteiger partial charge on any atom is -0.497 e. The molecular formula is C18H15NO4S. The van der Waals surface area contributed by atoms with E-state index in [-0.39, 0.29) is 0 Å². The van der Waals surface area contributed by atoms with Crippen LogP contribution in [0.15, 0.2) is 48.5 Å². The molecule has 0 spiro atoms. The molecule has 0 bridgehead atoms. The maximum absolute atomic E-state index is 12.4. The summed E-state index contributed by atoms with van der Waals surface area (Å²) in [5.41, 5.74) is 0.316.